The molecule has 1 amide bonds. The SMILES string of the molecule is CCOC(=O)CN(CC(=O)Nc1cc(C)on1)C(C)C. The minimum atomic E-state index is -0.341. The molecule has 1 heterocycles. The van der Waals surface area contributed by atoms with Gasteiger partial charge in [0.05, 0.1) is 19.7 Å². The van der Waals surface area contributed by atoms with Crippen molar-refractivity contribution in [3.8, 4) is 0 Å². The zero-order chi connectivity index (χ0) is 15.1. The van der Waals surface area contributed by atoms with E-state index in [-0.39, 0.29) is 31.0 Å². The molecule has 0 aliphatic rings. The smallest absolute Gasteiger partial charge is 0.320 e. The molecule has 1 aromatic heterocycles. The molecule has 0 spiro atoms. The van der Waals surface area contributed by atoms with Crippen molar-refractivity contribution in [2.75, 3.05) is 25.0 Å². The fraction of sp³-hybridized carbons (Fsp3) is 0.615. The quantitative estimate of drug-likeness (QED) is 0.757. The van der Waals surface area contributed by atoms with Crippen LogP contribution in [0.3, 0.4) is 0 Å². The number of anilines is 1. The standard InChI is InChI=1S/C13H21N3O4/c1-5-19-13(18)8-16(9(2)3)7-12(17)14-11-6-10(4)20-15-11/h6,9H,5,7-8H2,1-4H3,(H,14,15,17). The molecule has 0 saturated carbocycles. The van der Waals surface area contributed by atoms with Gasteiger partial charge < -0.3 is 14.6 Å². The van der Waals surface area contributed by atoms with Crippen molar-refractivity contribution in [1.82, 2.24) is 10.1 Å². The molecule has 0 saturated heterocycles. The highest BCUT2D eigenvalue weighted by Crippen LogP contribution is 2.07. The molecule has 20 heavy (non-hydrogen) atoms. The van der Waals surface area contributed by atoms with E-state index < -0.39 is 0 Å². The van der Waals surface area contributed by atoms with Crippen LogP contribution in [0.2, 0.25) is 0 Å². The highest BCUT2D eigenvalue weighted by molar-refractivity contribution is 5.91. The van der Waals surface area contributed by atoms with Gasteiger partial charge in [-0.15, -0.1) is 0 Å². The second kappa shape index (κ2) is 7.64. The van der Waals surface area contributed by atoms with Crippen LogP contribution in [0.1, 0.15) is 26.5 Å². The van der Waals surface area contributed by atoms with Crippen LogP contribution in [-0.2, 0) is 14.3 Å². The average molecular weight is 283 g/mol. The molecule has 7 nitrogen and oxygen atoms in total. The van der Waals surface area contributed by atoms with Gasteiger partial charge in [0.25, 0.3) is 0 Å². The Hall–Kier alpha value is -1.89. The van der Waals surface area contributed by atoms with Crippen molar-refractivity contribution in [2.45, 2.75) is 33.7 Å². The number of aromatic nitrogens is 1. The number of nitrogens with zero attached hydrogens (tertiary/aromatic N) is 2. The van der Waals surface area contributed by atoms with E-state index in [1.807, 2.05) is 13.8 Å². The lowest BCUT2D eigenvalue weighted by Crippen LogP contribution is -2.41. The monoisotopic (exact) mass is 283 g/mol. The number of nitrogens with one attached hydrogen (secondary N) is 1. The average Bonchev–Trinajstić information content (AvgIpc) is 2.73. The Balaban J connectivity index is 2.52. The molecule has 0 unspecified atom stereocenters. The number of esters is 1. The van der Waals surface area contributed by atoms with Crippen molar-refractivity contribution >= 4 is 17.7 Å². The third-order valence-electron chi connectivity index (χ3n) is 2.61. The summed E-state index contributed by atoms with van der Waals surface area (Å²) in [5.74, 6) is 0.391. The summed E-state index contributed by atoms with van der Waals surface area (Å²) in [6, 6.07) is 1.67. The van der Waals surface area contributed by atoms with Gasteiger partial charge >= 0.3 is 5.97 Å². The summed E-state index contributed by atoms with van der Waals surface area (Å²) in [5.41, 5.74) is 0. The summed E-state index contributed by atoms with van der Waals surface area (Å²) in [7, 11) is 0. The fourth-order valence-electron chi connectivity index (χ4n) is 1.59. The molecule has 1 aromatic rings. The molecule has 0 atom stereocenters. The summed E-state index contributed by atoms with van der Waals surface area (Å²) in [6.07, 6.45) is 0. The molecule has 1 rings (SSSR count). The second-order valence-corrected chi connectivity index (χ2v) is 4.67. The predicted octanol–water partition coefficient (Wildman–Crippen LogP) is 1.20. The van der Waals surface area contributed by atoms with E-state index in [2.05, 4.69) is 10.5 Å². The first-order valence-corrected chi connectivity index (χ1v) is 6.55. The minimum Gasteiger partial charge on any atom is -0.465 e. The van der Waals surface area contributed by atoms with Gasteiger partial charge in [-0.3, -0.25) is 14.5 Å². The maximum absolute atomic E-state index is 11.9. The number of carbonyl (C=O) groups excluding carboxylic acids is 2. The Morgan fingerprint density at radius 3 is 2.65 bits per heavy atom. The largest absolute Gasteiger partial charge is 0.465 e. The zero-order valence-corrected chi connectivity index (χ0v) is 12.3. The van der Waals surface area contributed by atoms with Crippen LogP contribution in [0.15, 0.2) is 10.6 Å². The molecule has 0 fully saturated rings. The molecule has 0 radical (unpaired) electrons. The molecule has 0 aromatic carbocycles. The van der Waals surface area contributed by atoms with Crippen LogP contribution in [0.5, 0.6) is 0 Å². The summed E-state index contributed by atoms with van der Waals surface area (Å²) < 4.78 is 9.75. The zero-order valence-electron chi connectivity index (χ0n) is 12.3. The Labute approximate surface area is 118 Å². The Bertz CT molecular complexity index is 456. The number of amides is 1. The molecular weight excluding hydrogens is 262 g/mol. The number of hydrogen-bond donors (Lipinski definition) is 1. The van der Waals surface area contributed by atoms with Crippen molar-refractivity contribution < 1.29 is 18.8 Å². The number of aryl methyl sites for hydroxylation is 1. The van der Waals surface area contributed by atoms with E-state index in [0.717, 1.165) is 0 Å². The van der Waals surface area contributed by atoms with Crippen LogP contribution in [0.4, 0.5) is 5.82 Å². The van der Waals surface area contributed by atoms with Gasteiger partial charge in [0.1, 0.15) is 5.76 Å². The Kier molecular flexibility index (Phi) is 6.17. The van der Waals surface area contributed by atoms with Crippen molar-refractivity contribution in [2.24, 2.45) is 0 Å². The number of hydrogen-bond acceptors (Lipinski definition) is 6. The van der Waals surface area contributed by atoms with Gasteiger partial charge in [-0.05, 0) is 27.7 Å². The maximum Gasteiger partial charge on any atom is 0.320 e. The van der Waals surface area contributed by atoms with Gasteiger partial charge in [-0.1, -0.05) is 5.16 Å². The fourth-order valence-corrected chi connectivity index (χ4v) is 1.59. The minimum absolute atomic E-state index is 0.0456. The van der Waals surface area contributed by atoms with Gasteiger partial charge in [0.2, 0.25) is 5.91 Å². The molecule has 112 valence electrons. The van der Waals surface area contributed by atoms with Crippen molar-refractivity contribution in [1.29, 1.82) is 0 Å². The first-order valence-electron chi connectivity index (χ1n) is 6.55. The first-order chi connectivity index (χ1) is 9.42. The summed E-state index contributed by atoms with van der Waals surface area (Å²) in [6.45, 7) is 7.80. The molecule has 1 N–H and O–H groups in total. The lowest BCUT2D eigenvalue weighted by atomic mass is 10.3. The van der Waals surface area contributed by atoms with Crippen molar-refractivity contribution in [3.05, 3.63) is 11.8 Å². The Morgan fingerprint density at radius 1 is 1.45 bits per heavy atom. The predicted molar refractivity (Wildman–Crippen MR) is 73.2 cm³/mol. The van der Waals surface area contributed by atoms with Gasteiger partial charge in [-0.25, -0.2) is 0 Å². The second-order valence-electron chi connectivity index (χ2n) is 4.67. The van der Waals surface area contributed by atoms with E-state index in [1.54, 1.807) is 24.8 Å². The van der Waals surface area contributed by atoms with Crippen LogP contribution < -0.4 is 5.32 Å². The molecular formula is C13H21N3O4. The van der Waals surface area contributed by atoms with Gasteiger partial charge in [-0.2, -0.15) is 0 Å². The topological polar surface area (TPSA) is 84.7 Å². The number of ether oxygens (including phenoxy) is 1. The molecule has 0 aliphatic carbocycles. The number of carbonyl (C=O) groups is 2. The summed E-state index contributed by atoms with van der Waals surface area (Å²) in [5, 5.41) is 6.30. The Morgan fingerprint density at radius 2 is 2.15 bits per heavy atom. The first kappa shape index (κ1) is 16.2. The molecule has 7 heteroatoms. The van der Waals surface area contributed by atoms with Crippen molar-refractivity contribution in [3.63, 3.8) is 0 Å². The highest BCUT2D eigenvalue weighted by Gasteiger charge is 2.18. The van der Waals surface area contributed by atoms with E-state index in [1.165, 1.54) is 0 Å². The molecule has 0 bridgehead atoms. The third-order valence-corrected chi connectivity index (χ3v) is 2.61. The van der Waals surface area contributed by atoms with Crippen LogP contribution in [0, 0.1) is 6.92 Å². The van der Waals surface area contributed by atoms with Crippen LogP contribution >= 0.6 is 0 Å². The maximum atomic E-state index is 11.9. The molecule has 0 aliphatic heterocycles. The van der Waals surface area contributed by atoms with Gasteiger partial charge in [0, 0.05) is 12.1 Å². The third kappa shape index (κ3) is 5.40. The van der Waals surface area contributed by atoms with Crippen LogP contribution in [0.25, 0.3) is 0 Å². The van der Waals surface area contributed by atoms with E-state index >= 15 is 0 Å². The lowest BCUT2D eigenvalue weighted by Gasteiger charge is -2.24. The lowest BCUT2D eigenvalue weighted by molar-refractivity contribution is -0.145. The van der Waals surface area contributed by atoms with E-state index in [0.29, 0.717) is 18.2 Å². The van der Waals surface area contributed by atoms with E-state index in [4.69, 9.17) is 9.26 Å². The summed E-state index contributed by atoms with van der Waals surface area (Å²) in [4.78, 5) is 25.1. The summed E-state index contributed by atoms with van der Waals surface area (Å²) >= 11 is 0. The van der Waals surface area contributed by atoms with Crippen LogP contribution in [-0.4, -0.2) is 47.7 Å². The highest BCUT2D eigenvalue weighted by atomic mass is 16.5. The number of rotatable bonds is 7. The van der Waals surface area contributed by atoms with E-state index in [9.17, 15) is 9.59 Å². The van der Waals surface area contributed by atoms with Gasteiger partial charge in [0.15, 0.2) is 5.82 Å². The normalized spacial score (nSPS) is 10.9.